The van der Waals surface area contributed by atoms with Crippen LogP contribution in [0.3, 0.4) is 0 Å². The van der Waals surface area contributed by atoms with E-state index in [1.807, 2.05) is 49.6 Å². The van der Waals surface area contributed by atoms with E-state index in [1.54, 1.807) is 7.11 Å². The fourth-order valence-electron chi connectivity index (χ4n) is 3.06. The zero-order valence-corrected chi connectivity index (χ0v) is 19.6. The Morgan fingerprint density at radius 2 is 1.94 bits per heavy atom. The van der Waals surface area contributed by atoms with Gasteiger partial charge in [-0.25, -0.2) is 4.79 Å². The topological polar surface area (TPSA) is 95.3 Å². The number of nitrogens with one attached hydrogen (secondary N) is 1. The van der Waals surface area contributed by atoms with Gasteiger partial charge in [0.2, 0.25) is 5.91 Å². The number of methoxy groups -OCH3 is 2. The van der Waals surface area contributed by atoms with Crippen molar-refractivity contribution in [2.24, 2.45) is 0 Å². The summed E-state index contributed by atoms with van der Waals surface area (Å²) in [6.45, 7) is 6.37. The number of amides is 1. The smallest absolute Gasteiger partial charge is 0.341 e. The summed E-state index contributed by atoms with van der Waals surface area (Å²) in [5.41, 5.74) is 2.05. The number of thiophene rings is 1. The number of benzene rings is 1. The molecule has 0 saturated carbocycles. The predicted molar refractivity (Wildman–Crippen MR) is 122 cm³/mol. The van der Waals surface area contributed by atoms with Crippen molar-refractivity contribution in [2.45, 2.75) is 32.5 Å². The summed E-state index contributed by atoms with van der Waals surface area (Å²) in [7, 11) is 2.94. The third kappa shape index (κ3) is 4.75. The molecule has 0 spiro atoms. The van der Waals surface area contributed by atoms with Crippen LogP contribution in [0.2, 0.25) is 0 Å². The van der Waals surface area contributed by atoms with Gasteiger partial charge in [0.05, 0.1) is 31.1 Å². The molecule has 2 heterocycles. The van der Waals surface area contributed by atoms with Crippen LogP contribution in [0.25, 0.3) is 11.4 Å². The molecule has 0 bridgehead atoms. The number of hydrogen-bond donors (Lipinski definition) is 1. The predicted octanol–water partition coefficient (Wildman–Crippen LogP) is 4.17. The van der Waals surface area contributed by atoms with Crippen LogP contribution >= 0.6 is 23.1 Å². The largest absolute Gasteiger partial charge is 0.496 e. The number of para-hydroxylation sites is 1. The standard InChI is InChI=1S/C21H24N4O4S2/c1-6-25-18(14-9-7-8-10-15(14)28-4)23-24-21(25)30-11-16(26)22-19-17(20(27)29-5)12(2)13(3)31-19/h7-10H,6,11H2,1-5H3,(H,22,26). The maximum atomic E-state index is 12.6. The summed E-state index contributed by atoms with van der Waals surface area (Å²) >= 11 is 2.64. The van der Waals surface area contributed by atoms with Crippen LogP contribution in [-0.2, 0) is 16.1 Å². The number of carbonyl (C=O) groups is 2. The van der Waals surface area contributed by atoms with Crippen molar-refractivity contribution in [1.29, 1.82) is 0 Å². The highest BCUT2D eigenvalue weighted by Gasteiger charge is 2.22. The Hall–Kier alpha value is -2.85. The Morgan fingerprint density at radius 1 is 1.19 bits per heavy atom. The van der Waals surface area contributed by atoms with Crippen LogP contribution in [0.15, 0.2) is 29.4 Å². The number of aryl methyl sites for hydroxylation is 1. The molecule has 1 aromatic carbocycles. The third-order valence-electron chi connectivity index (χ3n) is 4.74. The molecule has 0 aliphatic carbocycles. The fourth-order valence-corrected chi connectivity index (χ4v) is 4.93. The highest BCUT2D eigenvalue weighted by atomic mass is 32.2. The maximum absolute atomic E-state index is 12.6. The van der Waals surface area contributed by atoms with E-state index >= 15 is 0 Å². The first-order valence-electron chi connectivity index (χ1n) is 9.58. The number of esters is 1. The van der Waals surface area contributed by atoms with Gasteiger partial charge < -0.3 is 19.4 Å². The Morgan fingerprint density at radius 3 is 2.61 bits per heavy atom. The zero-order valence-electron chi connectivity index (χ0n) is 18.0. The molecule has 0 radical (unpaired) electrons. The average Bonchev–Trinajstić information content (AvgIpc) is 3.31. The van der Waals surface area contributed by atoms with Crippen LogP contribution in [0, 0.1) is 13.8 Å². The van der Waals surface area contributed by atoms with Gasteiger partial charge in [0.25, 0.3) is 0 Å². The van der Waals surface area contributed by atoms with E-state index in [4.69, 9.17) is 9.47 Å². The molecule has 0 fully saturated rings. The average molecular weight is 461 g/mol. The number of rotatable bonds is 8. The highest BCUT2D eigenvalue weighted by molar-refractivity contribution is 7.99. The van der Waals surface area contributed by atoms with Gasteiger partial charge in [0.15, 0.2) is 11.0 Å². The van der Waals surface area contributed by atoms with Gasteiger partial charge >= 0.3 is 5.97 Å². The molecule has 3 aromatic rings. The molecule has 10 heteroatoms. The van der Waals surface area contributed by atoms with Gasteiger partial charge in [0.1, 0.15) is 10.8 Å². The highest BCUT2D eigenvalue weighted by Crippen LogP contribution is 2.34. The number of carbonyl (C=O) groups excluding carboxylic acids is 2. The molecule has 3 rings (SSSR count). The molecule has 2 aromatic heterocycles. The zero-order chi connectivity index (χ0) is 22.5. The monoisotopic (exact) mass is 460 g/mol. The molecule has 0 aliphatic rings. The van der Waals surface area contributed by atoms with Crippen LogP contribution in [0.4, 0.5) is 5.00 Å². The Bertz CT molecular complexity index is 1110. The van der Waals surface area contributed by atoms with Gasteiger partial charge in [-0.1, -0.05) is 23.9 Å². The van der Waals surface area contributed by atoms with E-state index in [0.29, 0.717) is 33.8 Å². The molecule has 164 valence electrons. The van der Waals surface area contributed by atoms with Gasteiger partial charge in [0, 0.05) is 11.4 Å². The lowest BCUT2D eigenvalue weighted by atomic mass is 10.1. The van der Waals surface area contributed by atoms with E-state index in [0.717, 1.165) is 16.0 Å². The quantitative estimate of drug-likeness (QED) is 0.398. The summed E-state index contributed by atoms with van der Waals surface area (Å²) in [5, 5.41) is 12.5. The Balaban J connectivity index is 1.76. The van der Waals surface area contributed by atoms with Crippen molar-refractivity contribution in [3.05, 3.63) is 40.3 Å². The molecule has 0 atom stereocenters. The van der Waals surface area contributed by atoms with E-state index in [9.17, 15) is 9.59 Å². The third-order valence-corrected chi connectivity index (χ3v) is 6.83. The number of ether oxygens (including phenoxy) is 2. The normalized spacial score (nSPS) is 10.7. The van der Waals surface area contributed by atoms with Crippen molar-refractivity contribution in [1.82, 2.24) is 14.8 Å². The van der Waals surface area contributed by atoms with Crippen molar-refractivity contribution in [3.63, 3.8) is 0 Å². The van der Waals surface area contributed by atoms with Crippen LogP contribution < -0.4 is 10.1 Å². The van der Waals surface area contributed by atoms with Crippen LogP contribution in [0.1, 0.15) is 27.7 Å². The lowest BCUT2D eigenvalue weighted by molar-refractivity contribution is -0.113. The van der Waals surface area contributed by atoms with Crippen molar-refractivity contribution in [2.75, 3.05) is 25.3 Å². The summed E-state index contributed by atoms with van der Waals surface area (Å²) in [5.74, 6) is 0.816. The molecular formula is C21H24N4O4S2. The number of aromatic nitrogens is 3. The summed E-state index contributed by atoms with van der Waals surface area (Å²) in [6, 6.07) is 7.60. The second-order valence-electron chi connectivity index (χ2n) is 6.57. The molecule has 1 amide bonds. The van der Waals surface area contributed by atoms with Gasteiger partial charge in [-0.15, -0.1) is 21.5 Å². The second kappa shape index (κ2) is 9.97. The SMILES string of the molecule is CCn1c(SCC(=O)Nc2sc(C)c(C)c2C(=O)OC)nnc1-c1ccccc1OC. The molecule has 0 unspecified atom stereocenters. The van der Waals surface area contributed by atoms with Crippen molar-refractivity contribution >= 4 is 40.0 Å². The number of thioether (sulfide) groups is 1. The van der Waals surface area contributed by atoms with Crippen LogP contribution in [-0.4, -0.2) is 46.6 Å². The minimum absolute atomic E-state index is 0.126. The fraction of sp³-hybridized carbons (Fsp3) is 0.333. The van der Waals surface area contributed by atoms with E-state index in [2.05, 4.69) is 15.5 Å². The maximum Gasteiger partial charge on any atom is 0.341 e. The van der Waals surface area contributed by atoms with Crippen molar-refractivity contribution < 1.29 is 19.1 Å². The molecule has 8 nitrogen and oxygen atoms in total. The number of nitrogens with zero attached hydrogens (tertiary/aromatic N) is 3. The van der Waals surface area contributed by atoms with E-state index in [1.165, 1.54) is 30.2 Å². The minimum Gasteiger partial charge on any atom is -0.496 e. The second-order valence-corrected chi connectivity index (χ2v) is 8.73. The summed E-state index contributed by atoms with van der Waals surface area (Å²) in [6.07, 6.45) is 0. The number of hydrogen-bond acceptors (Lipinski definition) is 8. The Kier molecular flexibility index (Phi) is 7.34. The molecule has 0 aliphatic heterocycles. The minimum atomic E-state index is -0.461. The molecule has 0 saturated heterocycles. The lowest BCUT2D eigenvalue weighted by Crippen LogP contribution is -2.16. The van der Waals surface area contributed by atoms with Crippen molar-refractivity contribution in [3.8, 4) is 17.1 Å². The van der Waals surface area contributed by atoms with Gasteiger partial charge in [-0.3, -0.25) is 4.79 Å². The first-order chi connectivity index (χ1) is 14.9. The molecule has 1 N–H and O–H groups in total. The molecule has 31 heavy (non-hydrogen) atoms. The lowest BCUT2D eigenvalue weighted by Gasteiger charge is -2.10. The summed E-state index contributed by atoms with van der Waals surface area (Å²) in [4.78, 5) is 25.6. The Labute approximate surface area is 189 Å². The first kappa shape index (κ1) is 22.8. The number of anilines is 1. The first-order valence-corrected chi connectivity index (χ1v) is 11.4. The van der Waals surface area contributed by atoms with Gasteiger partial charge in [-0.05, 0) is 38.5 Å². The van der Waals surface area contributed by atoms with E-state index in [-0.39, 0.29) is 11.7 Å². The summed E-state index contributed by atoms with van der Waals surface area (Å²) < 4.78 is 12.2. The molecular weight excluding hydrogens is 436 g/mol. The van der Waals surface area contributed by atoms with E-state index < -0.39 is 5.97 Å². The van der Waals surface area contributed by atoms with Crippen LogP contribution in [0.5, 0.6) is 5.75 Å². The van der Waals surface area contributed by atoms with Gasteiger partial charge in [-0.2, -0.15) is 0 Å².